The summed E-state index contributed by atoms with van der Waals surface area (Å²) in [6.07, 6.45) is -0.257. The number of amides is 2. The molecule has 0 aliphatic heterocycles. The molecule has 2 aromatic rings. The van der Waals surface area contributed by atoms with Crippen LogP contribution in [0.3, 0.4) is 0 Å². The van der Waals surface area contributed by atoms with Crippen LogP contribution in [-0.4, -0.2) is 60.5 Å². The number of nitrogens with one attached hydrogen (secondary N) is 3. The van der Waals surface area contributed by atoms with Crippen molar-refractivity contribution in [3.63, 3.8) is 0 Å². The van der Waals surface area contributed by atoms with Gasteiger partial charge < -0.3 is 25.5 Å². The van der Waals surface area contributed by atoms with Gasteiger partial charge >= 0.3 is 11.9 Å². The molecule has 0 spiro atoms. The van der Waals surface area contributed by atoms with E-state index < -0.39 is 35.4 Å². The number of ether oxygens (including phenoxy) is 2. The molecule has 1 atom stereocenters. The van der Waals surface area contributed by atoms with E-state index in [4.69, 9.17) is 38.1 Å². The minimum Gasteiger partial charge on any atom is -0.467 e. The molecule has 0 unspecified atom stereocenters. The number of ketones is 1. The van der Waals surface area contributed by atoms with E-state index in [9.17, 15) is 24.0 Å². The largest absolute Gasteiger partial charge is 0.467 e. The van der Waals surface area contributed by atoms with Gasteiger partial charge in [0.05, 0.1) is 35.7 Å². The number of rotatable bonds is 13. The van der Waals surface area contributed by atoms with Gasteiger partial charge in [-0.2, -0.15) is 0 Å². The van der Waals surface area contributed by atoms with Crippen molar-refractivity contribution < 1.29 is 33.4 Å². The fourth-order valence-corrected chi connectivity index (χ4v) is 5.12. The Labute approximate surface area is 262 Å². The number of esters is 2. The van der Waals surface area contributed by atoms with Crippen LogP contribution in [0.25, 0.3) is 0 Å². The van der Waals surface area contributed by atoms with Crippen molar-refractivity contribution in [2.75, 3.05) is 13.7 Å². The average Bonchev–Trinajstić information content (AvgIpc) is 2.87. The lowest BCUT2D eigenvalue weighted by molar-refractivity contribution is -0.153. The highest BCUT2D eigenvalue weighted by Gasteiger charge is 2.26. The lowest BCUT2D eigenvalue weighted by atomic mass is 10.0. The van der Waals surface area contributed by atoms with Crippen molar-refractivity contribution in [1.29, 1.82) is 5.41 Å². The van der Waals surface area contributed by atoms with E-state index in [1.807, 2.05) is 0 Å². The van der Waals surface area contributed by atoms with Crippen molar-refractivity contribution in [3.05, 3.63) is 67.6 Å². The highest BCUT2D eigenvalue weighted by atomic mass is 79.9. The highest BCUT2D eigenvalue weighted by molar-refractivity contribution is 9.10. The Morgan fingerprint density at radius 2 is 1.67 bits per heavy atom. The fourth-order valence-electron chi connectivity index (χ4n) is 3.74. The summed E-state index contributed by atoms with van der Waals surface area (Å²) in [4.78, 5) is 62.2. The molecule has 13 heteroatoms. The van der Waals surface area contributed by atoms with E-state index in [0.29, 0.717) is 10.0 Å². The fraction of sp³-hybridized carbons (Fsp3) is 0.379. The molecule has 0 fully saturated rings. The second-order valence-corrected chi connectivity index (χ2v) is 12.0. The summed E-state index contributed by atoms with van der Waals surface area (Å²) in [6.45, 7) is 4.92. The van der Waals surface area contributed by atoms with Crippen molar-refractivity contribution >= 4 is 74.4 Å². The number of hydrogen-bond acceptors (Lipinski definition) is 8. The van der Waals surface area contributed by atoms with Crippen LogP contribution in [-0.2, 0) is 30.3 Å². The lowest BCUT2D eigenvalue weighted by Crippen LogP contribution is -2.42. The van der Waals surface area contributed by atoms with E-state index >= 15 is 0 Å². The van der Waals surface area contributed by atoms with Crippen molar-refractivity contribution in [3.8, 4) is 0 Å². The molecule has 3 N–H and O–H groups in total. The summed E-state index contributed by atoms with van der Waals surface area (Å²) in [5.41, 5.74) is 0.368. The Morgan fingerprint density at radius 1 is 1.02 bits per heavy atom. The maximum atomic E-state index is 12.8. The number of benzene rings is 2. The summed E-state index contributed by atoms with van der Waals surface area (Å²) in [7, 11) is 1.15. The Kier molecular flexibility index (Phi) is 13.1. The zero-order valence-electron chi connectivity index (χ0n) is 23.6. The highest BCUT2D eigenvalue weighted by Crippen LogP contribution is 2.29. The third kappa shape index (κ3) is 11.5. The van der Waals surface area contributed by atoms with Crippen molar-refractivity contribution in [1.82, 2.24) is 10.6 Å². The first kappa shape index (κ1) is 34.9. The van der Waals surface area contributed by atoms with Gasteiger partial charge in [-0.3, -0.25) is 19.2 Å². The normalized spacial score (nSPS) is 11.7. The van der Waals surface area contributed by atoms with E-state index in [1.54, 1.807) is 45.0 Å². The van der Waals surface area contributed by atoms with Crippen LogP contribution < -0.4 is 10.6 Å². The Bertz CT molecular complexity index is 1350. The number of halogens is 3. The zero-order chi connectivity index (χ0) is 31.6. The first-order valence-electron chi connectivity index (χ1n) is 12.8. The van der Waals surface area contributed by atoms with Gasteiger partial charge in [0.2, 0.25) is 0 Å². The van der Waals surface area contributed by atoms with Crippen LogP contribution in [0.2, 0.25) is 10.0 Å². The molecular formula is C29H32BrCl2N3O7. The van der Waals surface area contributed by atoms with E-state index in [2.05, 4.69) is 26.6 Å². The second-order valence-electron chi connectivity index (χ2n) is 10.3. The number of carbonyl (C=O) groups is 5. The van der Waals surface area contributed by atoms with E-state index in [0.717, 1.165) is 7.11 Å². The predicted molar refractivity (Wildman–Crippen MR) is 162 cm³/mol. The van der Waals surface area contributed by atoms with E-state index in [-0.39, 0.29) is 64.9 Å². The van der Waals surface area contributed by atoms with Crippen LogP contribution in [0, 0.1) is 5.41 Å². The van der Waals surface area contributed by atoms with Gasteiger partial charge in [-0.15, -0.1) is 0 Å². The molecule has 0 saturated carbocycles. The zero-order valence-corrected chi connectivity index (χ0v) is 26.7. The maximum absolute atomic E-state index is 12.8. The summed E-state index contributed by atoms with van der Waals surface area (Å²) < 4.78 is 10.5. The standard InChI is InChI=1S/C29H32BrCl2N3O7/c1-29(2,3)42-24(37)14-19(33)11-16-6-5-7-17(10-16)26(38)34-15-20(36)8-9-23(28(40)41-4)35-27(39)25-21(31)12-18(30)13-22(25)32/h5-7,10,12-13,23,33H,8-9,11,14-15H2,1-4H3,(H,34,38)(H,35,39)/t23-/m0/s1. The van der Waals surface area contributed by atoms with Gasteiger partial charge in [-0.1, -0.05) is 51.3 Å². The van der Waals surface area contributed by atoms with Gasteiger partial charge in [-0.25, -0.2) is 4.79 Å². The van der Waals surface area contributed by atoms with Gasteiger partial charge in [0, 0.05) is 28.6 Å². The molecule has 10 nitrogen and oxygen atoms in total. The molecule has 2 rings (SSSR count). The van der Waals surface area contributed by atoms with Crippen molar-refractivity contribution in [2.24, 2.45) is 0 Å². The van der Waals surface area contributed by atoms with E-state index in [1.165, 1.54) is 12.1 Å². The smallest absolute Gasteiger partial charge is 0.328 e. The second kappa shape index (κ2) is 15.8. The number of carbonyl (C=O) groups excluding carboxylic acids is 5. The molecule has 0 saturated heterocycles. The predicted octanol–water partition coefficient (Wildman–Crippen LogP) is 5.10. The monoisotopic (exact) mass is 683 g/mol. The minimum absolute atomic E-state index is 0.0313. The van der Waals surface area contributed by atoms with Crippen molar-refractivity contribution in [2.45, 2.75) is 58.1 Å². The van der Waals surface area contributed by atoms with Gasteiger partial charge in [0.25, 0.3) is 11.8 Å². The molecule has 2 amide bonds. The van der Waals surface area contributed by atoms with Crippen LogP contribution in [0.15, 0.2) is 40.9 Å². The molecule has 2 aromatic carbocycles. The molecule has 0 radical (unpaired) electrons. The summed E-state index contributed by atoms with van der Waals surface area (Å²) in [5.74, 6) is -2.89. The maximum Gasteiger partial charge on any atom is 0.328 e. The molecule has 0 aliphatic carbocycles. The van der Waals surface area contributed by atoms with Gasteiger partial charge in [-0.05, 0) is 57.0 Å². The third-order valence-electron chi connectivity index (χ3n) is 5.57. The Hall–Kier alpha value is -3.28. The average molecular weight is 685 g/mol. The Balaban J connectivity index is 1.92. The summed E-state index contributed by atoms with van der Waals surface area (Å²) >= 11 is 15.5. The van der Waals surface area contributed by atoms with Crippen LogP contribution >= 0.6 is 39.1 Å². The lowest BCUT2D eigenvalue weighted by Gasteiger charge is -2.19. The molecule has 42 heavy (non-hydrogen) atoms. The van der Waals surface area contributed by atoms with Gasteiger partial charge in [0.1, 0.15) is 11.6 Å². The third-order valence-corrected chi connectivity index (χ3v) is 6.62. The van der Waals surface area contributed by atoms with Gasteiger partial charge in [0.15, 0.2) is 5.78 Å². The topological polar surface area (TPSA) is 152 Å². The molecule has 226 valence electrons. The number of Topliss-reactive ketones (excluding diaryl/α,β-unsaturated/α-hetero) is 1. The first-order valence-corrected chi connectivity index (χ1v) is 14.3. The molecule has 0 aliphatic rings. The first-order chi connectivity index (χ1) is 19.6. The summed E-state index contributed by atoms with van der Waals surface area (Å²) in [6, 6.07) is 8.29. The molecular weight excluding hydrogens is 653 g/mol. The molecule has 0 heterocycles. The Morgan fingerprint density at radius 3 is 2.26 bits per heavy atom. The number of hydrogen-bond donors (Lipinski definition) is 3. The minimum atomic E-state index is -1.16. The SMILES string of the molecule is COC(=O)[C@H](CCC(=O)CNC(=O)c1cccc(CC(=N)CC(=O)OC(C)(C)C)c1)NC(=O)c1c(Cl)cc(Br)cc1Cl. The number of methoxy groups -OCH3 is 1. The van der Waals surface area contributed by atoms with Crippen LogP contribution in [0.1, 0.15) is 66.3 Å². The van der Waals surface area contributed by atoms with Crippen LogP contribution in [0.5, 0.6) is 0 Å². The van der Waals surface area contributed by atoms with Crippen LogP contribution in [0.4, 0.5) is 0 Å². The summed E-state index contributed by atoms with van der Waals surface area (Å²) in [5, 5.41) is 13.3. The molecule has 0 aromatic heterocycles. The molecule has 0 bridgehead atoms. The quantitative estimate of drug-likeness (QED) is 0.196.